The Morgan fingerprint density at radius 1 is 1.21 bits per heavy atom. The Kier molecular flexibility index (Phi) is 4.11. The van der Waals surface area contributed by atoms with Crippen molar-refractivity contribution in [3.63, 3.8) is 0 Å². The van der Waals surface area contributed by atoms with Crippen LogP contribution in [0, 0.1) is 13.8 Å². The van der Waals surface area contributed by atoms with Crippen LogP contribution in [0.2, 0.25) is 0 Å². The quantitative estimate of drug-likeness (QED) is 0.797. The number of nitrogens with one attached hydrogen (secondary N) is 2. The molecule has 1 aliphatic rings. The second-order valence-corrected chi connectivity index (χ2v) is 5.56. The second kappa shape index (κ2) is 6.23. The average molecular weight is 327 g/mol. The first kappa shape index (κ1) is 15.9. The number of rotatable bonds is 4. The maximum absolute atomic E-state index is 12.2. The molecule has 0 unspecified atom stereocenters. The van der Waals surface area contributed by atoms with Crippen LogP contribution < -0.4 is 10.6 Å². The average Bonchev–Trinajstić information content (AvgIpc) is 2.87. The Hall–Kier alpha value is -3.03. The predicted octanol–water partition coefficient (Wildman–Crippen LogP) is 0.528. The van der Waals surface area contributed by atoms with Crippen molar-refractivity contribution in [3.05, 3.63) is 35.2 Å². The standard InChI is InChI=1S/C16H17N5O3/c1-9-10(2)20-13-7-11(3-4-12(13)19-9)15(23)17-5-6-21-14(22)8-18-16(21)24/h3-4,7H,5-6,8H2,1-2H3,(H,17,23)(H,18,24). The van der Waals surface area contributed by atoms with Gasteiger partial charge in [0.1, 0.15) is 0 Å². The number of carbonyl (C=O) groups is 3. The fourth-order valence-electron chi connectivity index (χ4n) is 2.44. The number of urea groups is 1. The lowest BCUT2D eigenvalue weighted by atomic mass is 10.1. The molecule has 0 spiro atoms. The minimum atomic E-state index is -0.430. The van der Waals surface area contributed by atoms with Crippen molar-refractivity contribution in [2.24, 2.45) is 0 Å². The van der Waals surface area contributed by atoms with Gasteiger partial charge in [-0.05, 0) is 32.0 Å². The van der Waals surface area contributed by atoms with Crippen molar-refractivity contribution in [3.8, 4) is 0 Å². The van der Waals surface area contributed by atoms with Crippen LogP contribution in [-0.2, 0) is 4.79 Å². The Morgan fingerprint density at radius 3 is 2.58 bits per heavy atom. The number of benzene rings is 1. The smallest absolute Gasteiger partial charge is 0.324 e. The lowest BCUT2D eigenvalue weighted by molar-refractivity contribution is -0.124. The van der Waals surface area contributed by atoms with Crippen LogP contribution in [0.4, 0.5) is 4.79 Å². The van der Waals surface area contributed by atoms with Crippen molar-refractivity contribution < 1.29 is 14.4 Å². The van der Waals surface area contributed by atoms with Crippen molar-refractivity contribution in [1.82, 2.24) is 25.5 Å². The molecule has 1 aliphatic heterocycles. The van der Waals surface area contributed by atoms with Gasteiger partial charge in [0, 0.05) is 18.7 Å². The number of hydrogen-bond acceptors (Lipinski definition) is 5. The molecule has 2 N–H and O–H groups in total. The molecule has 1 saturated heterocycles. The zero-order chi connectivity index (χ0) is 17.3. The number of aromatic nitrogens is 2. The first-order valence-corrected chi connectivity index (χ1v) is 7.57. The largest absolute Gasteiger partial charge is 0.350 e. The highest BCUT2D eigenvalue weighted by Crippen LogP contribution is 2.14. The number of imide groups is 1. The fourth-order valence-corrected chi connectivity index (χ4v) is 2.44. The topological polar surface area (TPSA) is 104 Å². The Labute approximate surface area is 138 Å². The normalized spacial score (nSPS) is 14.2. The van der Waals surface area contributed by atoms with Crippen LogP contribution >= 0.6 is 0 Å². The summed E-state index contributed by atoms with van der Waals surface area (Å²) < 4.78 is 0. The molecule has 0 radical (unpaired) electrons. The minimum Gasteiger partial charge on any atom is -0.350 e. The van der Waals surface area contributed by atoms with E-state index in [-0.39, 0.29) is 31.4 Å². The third kappa shape index (κ3) is 3.03. The van der Waals surface area contributed by atoms with Crippen LogP contribution in [0.15, 0.2) is 18.2 Å². The highest BCUT2D eigenvalue weighted by molar-refractivity contribution is 6.02. The van der Waals surface area contributed by atoms with Crippen molar-refractivity contribution >= 4 is 28.9 Å². The molecule has 0 aliphatic carbocycles. The van der Waals surface area contributed by atoms with E-state index in [0.717, 1.165) is 21.8 Å². The van der Waals surface area contributed by atoms with E-state index in [1.165, 1.54) is 0 Å². The highest BCUT2D eigenvalue weighted by atomic mass is 16.2. The van der Waals surface area contributed by atoms with Gasteiger partial charge in [-0.15, -0.1) is 0 Å². The van der Waals surface area contributed by atoms with Gasteiger partial charge in [0.05, 0.1) is 29.0 Å². The van der Waals surface area contributed by atoms with Gasteiger partial charge in [-0.2, -0.15) is 0 Å². The first-order chi connectivity index (χ1) is 11.5. The summed E-state index contributed by atoms with van der Waals surface area (Å²) in [5.74, 6) is -0.579. The molecule has 124 valence electrons. The first-order valence-electron chi connectivity index (χ1n) is 7.57. The van der Waals surface area contributed by atoms with Gasteiger partial charge in [-0.3, -0.25) is 14.5 Å². The molecular formula is C16H17N5O3. The molecule has 4 amide bonds. The van der Waals surface area contributed by atoms with Gasteiger partial charge in [0.25, 0.3) is 5.91 Å². The lowest BCUT2D eigenvalue weighted by Gasteiger charge is -2.13. The Morgan fingerprint density at radius 2 is 1.92 bits per heavy atom. The van der Waals surface area contributed by atoms with E-state index < -0.39 is 6.03 Å². The number of fused-ring (bicyclic) bond motifs is 1. The Bertz CT molecular complexity index is 833. The van der Waals surface area contributed by atoms with E-state index in [9.17, 15) is 14.4 Å². The zero-order valence-electron chi connectivity index (χ0n) is 13.4. The molecule has 1 fully saturated rings. The summed E-state index contributed by atoms with van der Waals surface area (Å²) >= 11 is 0. The number of aryl methyl sites for hydroxylation is 2. The number of amides is 4. The molecule has 8 heteroatoms. The number of hydrogen-bond donors (Lipinski definition) is 2. The maximum Gasteiger partial charge on any atom is 0.324 e. The van der Waals surface area contributed by atoms with Crippen LogP contribution in [-0.4, -0.2) is 52.3 Å². The summed E-state index contributed by atoms with van der Waals surface area (Å²) in [5, 5.41) is 5.13. The molecule has 2 heterocycles. The van der Waals surface area contributed by atoms with Crippen molar-refractivity contribution in [1.29, 1.82) is 0 Å². The van der Waals surface area contributed by atoms with Gasteiger partial charge in [0.2, 0.25) is 5.91 Å². The van der Waals surface area contributed by atoms with E-state index in [1.807, 2.05) is 13.8 Å². The molecule has 0 saturated carbocycles. The summed E-state index contributed by atoms with van der Waals surface area (Å²) in [4.78, 5) is 45.0. The van der Waals surface area contributed by atoms with E-state index in [0.29, 0.717) is 11.1 Å². The van der Waals surface area contributed by atoms with Crippen LogP contribution in [0.3, 0.4) is 0 Å². The molecule has 0 bridgehead atoms. The molecule has 0 atom stereocenters. The van der Waals surface area contributed by atoms with Gasteiger partial charge >= 0.3 is 6.03 Å². The third-order valence-corrected chi connectivity index (χ3v) is 3.90. The second-order valence-electron chi connectivity index (χ2n) is 5.56. The van der Waals surface area contributed by atoms with E-state index >= 15 is 0 Å². The summed E-state index contributed by atoms with van der Waals surface area (Å²) in [6.45, 7) is 4.09. The lowest BCUT2D eigenvalue weighted by Crippen LogP contribution is -2.38. The molecule has 2 aromatic rings. The minimum absolute atomic E-state index is 0.00882. The molecule has 1 aromatic heterocycles. The van der Waals surface area contributed by atoms with Gasteiger partial charge < -0.3 is 10.6 Å². The van der Waals surface area contributed by atoms with E-state index in [2.05, 4.69) is 20.6 Å². The zero-order valence-corrected chi connectivity index (χ0v) is 13.4. The fraction of sp³-hybridized carbons (Fsp3) is 0.312. The van der Waals surface area contributed by atoms with Gasteiger partial charge in [-0.25, -0.2) is 14.8 Å². The molecule has 24 heavy (non-hydrogen) atoms. The Balaban J connectivity index is 1.66. The summed E-state index contributed by atoms with van der Waals surface area (Å²) in [5.41, 5.74) is 3.51. The molecular weight excluding hydrogens is 310 g/mol. The van der Waals surface area contributed by atoms with Crippen LogP contribution in [0.5, 0.6) is 0 Å². The molecule has 8 nitrogen and oxygen atoms in total. The summed E-state index contributed by atoms with van der Waals surface area (Å²) in [7, 11) is 0. The maximum atomic E-state index is 12.2. The van der Waals surface area contributed by atoms with Gasteiger partial charge in [-0.1, -0.05) is 0 Å². The summed E-state index contributed by atoms with van der Waals surface area (Å²) in [6, 6.07) is 4.68. The predicted molar refractivity (Wildman–Crippen MR) is 86.5 cm³/mol. The monoisotopic (exact) mass is 327 g/mol. The van der Waals surface area contributed by atoms with Crippen LogP contribution in [0.1, 0.15) is 21.7 Å². The van der Waals surface area contributed by atoms with Crippen molar-refractivity contribution in [2.75, 3.05) is 19.6 Å². The summed E-state index contributed by atoms with van der Waals surface area (Å²) in [6.07, 6.45) is 0. The van der Waals surface area contributed by atoms with Crippen molar-refractivity contribution in [2.45, 2.75) is 13.8 Å². The number of nitrogens with zero attached hydrogens (tertiary/aromatic N) is 3. The van der Waals surface area contributed by atoms with E-state index in [1.54, 1.807) is 18.2 Å². The molecule has 3 rings (SSSR count). The SMILES string of the molecule is Cc1nc2ccc(C(=O)NCCN3C(=O)CNC3=O)cc2nc1C. The molecule has 1 aromatic carbocycles. The highest BCUT2D eigenvalue weighted by Gasteiger charge is 2.27. The van der Waals surface area contributed by atoms with E-state index in [4.69, 9.17) is 0 Å². The third-order valence-electron chi connectivity index (χ3n) is 3.90. The van der Waals surface area contributed by atoms with Crippen LogP contribution in [0.25, 0.3) is 11.0 Å². The van der Waals surface area contributed by atoms with Gasteiger partial charge in [0.15, 0.2) is 0 Å². The number of carbonyl (C=O) groups excluding carboxylic acids is 3.